The number of methoxy groups -OCH3 is 1. The molecule has 1 aliphatic rings. The van der Waals surface area contributed by atoms with E-state index in [1.54, 1.807) is 13.0 Å². The van der Waals surface area contributed by atoms with E-state index in [9.17, 15) is 4.79 Å². The summed E-state index contributed by atoms with van der Waals surface area (Å²) in [6, 6.07) is 1.98. The predicted octanol–water partition coefficient (Wildman–Crippen LogP) is 2.01. The van der Waals surface area contributed by atoms with Gasteiger partial charge < -0.3 is 19.4 Å². The van der Waals surface area contributed by atoms with Crippen molar-refractivity contribution in [3.63, 3.8) is 0 Å². The molecule has 0 aromatic carbocycles. The highest BCUT2D eigenvalue weighted by atomic mass is 16.5. The van der Waals surface area contributed by atoms with E-state index in [1.165, 1.54) is 13.5 Å². The van der Waals surface area contributed by atoms with Crippen LogP contribution in [0.25, 0.3) is 0 Å². The number of nitrogens with zero attached hydrogens (tertiary/aromatic N) is 4. The van der Waals surface area contributed by atoms with Crippen molar-refractivity contribution in [2.75, 3.05) is 25.1 Å². The van der Waals surface area contributed by atoms with Crippen molar-refractivity contribution in [3.8, 4) is 6.01 Å². The summed E-state index contributed by atoms with van der Waals surface area (Å²) in [7, 11) is 1.52. The second kappa shape index (κ2) is 7.50. The van der Waals surface area contributed by atoms with Crippen molar-refractivity contribution in [3.05, 3.63) is 29.0 Å². The third-order valence-electron chi connectivity index (χ3n) is 4.16. The van der Waals surface area contributed by atoms with Crippen LogP contribution in [0.15, 0.2) is 10.5 Å². The molecule has 0 atom stereocenters. The van der Waals surface area contributed by atoms with Gasteiger partial charge in [-0.25, -0.2) is 0 Å². The van der Waals surface area contributed by atoms with Crippen LogP contribution in [-0.2, 0) is 6.54 Å². The van der Waals surface area contributed by atoms with Gasteiger partial charge in [-0.05, 0) is 39.2 Å². The van der Waals surface area contributed by atoms with E-state index in [1.807, 2.05) is 6.92 Å². The maximum absolute atomic E-state index is 12.3. The van der Waals surface area contributed by atoms with Gasteiger partial charge in [-0.3, -0.25) is 4.79 Å². The first-order chi connectivity index (χ1) is 12.1. The first-order valence-corrected chi connectivity index (χ1v) is 8.46. The van der Waals surface area contributed by atoms with E-state index < -0.39 is 0 Å². The molecule has 1 aliphatic heterocycles. The summed E-state index contributed by atoms with van der Waals surface area (Å²) in [5.74, 6) is 2.16. The van der Waals surface area contributed by atoms with Gasteiger partial charge in [0.15, 0.2) is 5.82 Å². The molecule has 0 spiro atoms. The predicted molar refractivity (Wildman–Crippen MR) is 91.8 cm³/mol. The number of amides is 1. The number of anilines is 1. The molecule has 2 aromatic rings. The number of carbonyl (C=O) groups is 1. The van der Waals surface area contributed by atoms with Crippen molar-refractivity contribution >= 4 is 11.9 Å². The minimum Gasteiger partial charge on any atom is -0.467 e. The molecule has 1 fully saturated rings. The summed E-state index contributed by atoms with van der Waals surface area (Å²) in [6.07, 6.45) is 3.48. The van der Waals surface area contributed by atoms with Gasteiger partial charge in [0.1, 0.15) is 11.5 Å². The Morgan fingerprint density at radius 1 is 1.24 bits per heavy atom. The second-order valence-corrected chi connectivity index (χ2v) is 6.10. The number of aromatic nitrogens is 3. The van der Waals surface area contributed by atoms with Crippen LogP contribution < -0.4 is 15.0 Å². The maximum Gasteiger partial charge on any atom is 0.321 e. The molecule has 0 aliphatic carbocycles. The number of furan rings is 1. The molecule has 2 aromatic heterocycles. The number of aryl methyl sites for hydroxylation is 2. The van der Waals surface area contributed by atoms with Gasteiger partial charge in [0.25, 0.3) is 5.91 Å². The second-order valence-electron chi connectivity index (χ2n) is 6.10. The average Bonchev–Trinajstić information content (AvgIpc) is 2.98. The Bertz CT molecular complexity index is 753. The maximum atomic E-state index is 12.3. The van der Waals surface area contributed by atoms with E-state index in [4.69, 9.17) is 9.15 Å². The minimum absolute atomic E-state index is 0.197. The van der Waals surface area contributed by atoms with Crippen LogP contribution in [0, 0.1) is 13.8 Å². The van der Waals surface area contributed by atoms with Gasteiger partial charge in [-0.2, -0.15) is 15.0 Å². The van der Waals surface area contributed by atoms with Gasteiger partial charge >= 0.3 is 6.01 Å². The summed E-state index contributed by atoms with van der Waals surface area (Å²) in [4.78, 5) is 27.5. The third kappa shape index (κ3) is 4.07. The number of hydrogen-bond acceptors (Lipinski definition) is 7. The standard InChI is InChI=1S/C17H23N5O3/c1-11-9-13(12(2)25-11)15(23)18-10-14-19-16(21-17(20-14)24-3)22-7-5-4-6-8-22/h9H,4-8,10H2,1-3H3,(H,18,23). The van der Waals surface area contributed by atoms with Gasteiger partial charge in [0.2, 0.25) is 5.95 Å². The molecule has 25 heavy (non-hydrogen) atoms. The molecular weight excluding hydrogens is 322 g/mol. The van der Waals surface area contributed by atoms with Crippen molar-refractivity contribution in [1.29, 1.82) is 0 Å². The van der Waals surface area contributed by atoms with Crippen molar-refractivity contribution in [2.24, 2.45) is 0 Å². The molecule has 134 valence electrons. The zero-order chi connectivity index (χ0) is 17.8. The van der Waals surface area contributed by atoms with Crippen LogP contribution in [0.2, 0.25) is 0 Å². The highest BCUT2D eigenvalue weighted by molar-refractivity contribution is 5.95. The molecular formula is C17H23N5O3. The summed E-state index contributed by atoms with van der Waals surface area (Å²) in [5, 5.41) is 2.83. The Morgan fingerprint density at radius 2 is 2.00 bits per heavy atom. The lowest BCUT2D eigenvalue weighted by Gasteiger charge is -2.26. The normalized spacial score (nSPS) is 14.4. The summed E-state index contributed by atoms with van der Waals surface area (Å²) in [5.41, 5.74) is 0.523. The van der Waals surface area contributed by atoms with Gasteiger partial charge in [-0.15, -0.1) is 0 Å². The van der Waals surface area contributed by atoms with Crippen molar-refractivity contribution in [2.45, 2.75) is 39.7 Å². The Morgan fingerprint density at radius 3 is 2.64 bits per heavy atom. The highest BCUT2D eigenvalue weighted by Gasteiger charge is 2.18. The molecule has 0 bridgehead atoms. The molecule has 1 saturated heterocycles. The van der Waals surface area contributed by atoms with Gasteiger partial charge in [0, 0.05) is 13.1 Å². The first-order valence-electron chi connectivity index (χ1n) is 8.46. The average molecular weight is 345 g/mol. The number of hydrogen-bond donors (Lipinski definition) is 1. The first kappa shape index (κ1) is 17.2. The fourth-order valence-corrected chi connectivity index (χ4v) is 2.90. The third-order valence-corrected chi connectivity index (χ3v) is 4.16. The molecule has 0 radical (unpaired) electrons. The van der Waals surface area contributed by atoms with Crippen molar-refractivity contribution in [1.82, 2.24) is 20.3 Å². The Kier molecular flexibility index (Phi) is 5.16. The number of carbonyl (C=O) groups excluding carboxylic acids is 1. The van der Waals surface area contributed by atoms with Crippen LogP contribution >= 0.6 is 0 Å². The fraction of sp³-hybridized carbons (Fsp3) is 0.529. The summed E-state index contributed by atoms with van der Waals surface area (Å²) < 4.78 is 10.6. The topological polar surface area (TPSA) is 93.4 Å². The number of rotatable bonds is 5. The van der Waals surface area contributed by atoms with E-state index in [-0.39, 0.29) is 18.5 Å². The molecule has 8 nitrogen and oxygen atoms in total. The Labute approximate surface area is 146 Å². The van der Waals surface area contributed by atoms with Crippen molar-refractivity contribution < 1.29 is 13.9 Å². The van der Waals surface area contributed by atoms with Gasteiger partial charge in [0.05, 0.1) is 19.2 Å². The van der Waals surface area contributed by atoms with Crippen LogP contribution in [-0.4, -0.2) is 41.1 Å². The summed E-state index contributed by atoms with van der Waals surface area (Å²) >= 11 is 0. The zero-order valence-corrected chi connectivity index (χ0v) is 14.8. The lowest BCUT2D eigenvalue weighted by Crippen LogP contribution is -2.32. The van der Waals surface area contributed by atoms with Crippen LogP contribution in [0.5, 0.6) is 6.01 Å². The Balaban J connectivity index is 1.73. The monoisotopic (exact) mass is 345 g/mol. The van der Waals surface area contributed by atoms with E-state index in [2.05, 4.69) is 25.2 Å². The lowest BCUT2D eigenvalue weighted by atomic mass is 10.1. The number of ether oxygens (including phenoxy) is 1. The van der Waals surface area contributed by atoms with E-state index >= 15 is 0 Å². The molecule has 3 heterocycles. The zero-order valence-electron chi connectivity index (χ0n) is 14.8. The smallest absolute Gasteiger partial charge is 0.321 e. The largest absolute Gasteiger partial charge is 0.467 e. The Hall–Kier alpha value is -2.64. The number of nitrogens with one attached hydrogen (secondary N) is 1. The summed E-state index contributed by atoms with van der Waals surface area (Å²) in [6.45, 7) is 5.62. The fourth-order valence-electron chi connectivity index (χ4n) is 2.90. The molecule has 3 rings (SSSR count). The van der Waals surface area contributed by atoms with E-state index in [0.717, 1.165) is 25.9 Å². The molecule has 1 N–H and O–H groups in total. The molecule has 0 unspecified atom stereocenters. The lowest BCUT2D eigenvalue weighted by molar-refractivity contribution is 0.0948. The van der Waals surface area contributed by atoms with Crippen LogP contribution in [0.3, 0.4) is 0 Å². The minimum atomic E-state index is -0.215. The molecule has 0 saturated carbocycles. The SMILES string of the molecule is COc1nc(CNC(=O)c2cc(C)oc2C)nc(N2CCCCC2)n1. The highest BCUT2D eigenvalue weighted by Crippen LogP contribution is 2.18. The molecule has 8 heteroatoms. The quantitative estimate of drug-likeness (QED) is 0.886. The van der Waals surface area contributed by atoms with E-state index in [0.29, 0.717) is 28.9 Å². The van der Waals surface area contributed by atoms with Crippen LogP contribution in [0.4, 0.5) is 5.95 Å². The van der Waals surface area contributed by atoms with Gasteiger partial charge in [-0.1, -0.05) is 0 Å². The molecule has 1 amide bonds. The number of piperidine rings is 1. The van der Waals surface area contributed by atoms with Crippen LogP contribution in [0.1, 0.15) is 47.0 Å².